The third-order valence-corrected chi connectivity index (χ3v) is 3.03. The molecule has 88 valence electrons. The highest BCUT2D eigenvalue weighted by Crippen LogP contribution is 2.17. The Balaban J connectivity index is 2.60. The fourth-order valence-corrected chi connectivity index (χ4v) is 1.85. The molecule has 1 rings (SSSR count). The van der Waals surface area contributed by atoms with Gasteiger partial charge in [-0.25, -0.2) is 0 Å². The lowest BCUT2D eigenvalue weighted by atomic mass is 9.95. The van der Waals surface area contributed by atoms with Gasteiger partial charge in [-0.1, -0.05) is 28.1 Å². The van der Waals surface area contributed by atoms with Crippen LogP contribution in [0, 0.1) is 5.92 Å². The zero-order valence-corrected chi connectivity index (χ0v) is 10.6. The number of nitrogens with two attached hydrogens (primary N) is 1. The average Bonchev–Trinajstić information content (AvgIpc) is 2.26. The predicted molar refractivity (Wildman–Crippen MR) is 67.3 cm³/mol. The summed E-state index contributed by atoms with van der Waals surface area (Å²) in [7, 11) is 0. The molecule has 3 N–H and O–H groups in total. The molecular formula is C12H16BrNO2. The van der Waals surface area contributed by atoms with Crippen LogP contribution in [-0.4, -0.2) is 17.6 Å². The van der Waals surface area contributed by atoms with E-state index >= 15 is 0 Å². The van der Waals surface area contributed by atoms with Gasteiger partial charge in [0.1, 0.15) is 0 Å². The predicted octanol–water partition coefficient (Wildman–Crippen LogP) is 2.43. The van der Waals surface area contributed by atoms with Crippen molar-refractivity contribution in [1.82, 2.24) is 0 Å². The number of carbonyl (C=O) groups is 1. The van der Waals surface area contributed by atoms with E-state index in [0.29, 0.717) is 19.4 Å². The van der Waals surface area contributed by atoms with Gasteiger partial charge in [0, 0.05) is 4.47 Å². The highest BCUT2D eigenvalue weighted by molar-refractivity contribution is 9.10. The smallest absolute Gasteiger partial charge is 0.306 e. The second kappa shape index (κ2) is 6.66. The molecule has 1 unspecified atom stereocenters. The van der Waals surface area contributed by atoms with E-state index in [1.807, 2.05) is 24.3 Å². The van der Waals surface area contributed by atoms with Gasteiger partial charge in [-0.3, -0.25) is 4.79 Å². The molecule has 0 heterocycles. The van der Waals surface area contributed by atoms with Gasteiger partial charge in [0.25, 0.3) is 0 Å². The van der Waals surface area contributed by atoms with Crippen molar-refractivity contribution in [2.24, 2.45) is 11.7 Å². The molecule has 0 amide bonds. The van der Waals surface area contributed by atoms with Crippen LogP contribution in [0.3, 0.4) is 0 Å². The zero-order valence-electron chi connectivity index (χ0n) is 9.03. The molecule has 1 aromatic carbocycles. The van der Waals surface area contributed by atoms with E-state index in [0.717, 1.165) is 16.5 Å². The Hall–Kier alpha value is -0.870. The first-order chi connectivity index (χ1) is 7.63. The lowest BCUT2D eigenvalue weighted by molar-refractivity contribution is -0.141. The third-order valence-electron chi connectivity index (χ3n) is 2.50. The Bertz CT molecular complexity index is 337. The minimum Gasteiger partial charge on any atom is -0.481 e. The standard InChI is InChI=1S/C12H16BrNO2/c13-11-5-3-9(4-6-11)8-10(12(15)16)2-1-7-14/h3-6,10H,1-2,7-8,14H2,(H,15,16). The normalized spacial score (nSPS) is 12.4. The molecule has 1 atom stereocenters. The van der Waals surface area contributed by atoms with Gasteiger partial charge in [0.05, 0.1) is 5.92 Å². The zero-order chi connectivity index (χ0) is 12.0. The number of aliphatic carboxylic acids is 1. The van der Waals surface area contributed by atoms with Crippen LogP contribution in [0.5, 0.6) is 0 Å². The molecule has 0 radical (unpaired) electrons. The number of hydrogen-bond donors (Lipinski definition) is 2. The Morgan fingerprint density at radius 1 is 1.38 bits per heavy atom. The summed E-state index contributed by atoms with van der Waals surface area (Å²) in [5.74, 6) is -1.07. The van der Waals surface area contributed by atoms with Crippen LogP contribution >= 0.6 is 15.9 Å². The van der Waals surface area contributed by atoms with E-state index < -0.39 is 5.97 Å². The van der Waals surface area contributed by atoms with Gasteiger partial charge in [-0.2, -0.15) is 0 Å². The van der Waals surface area contributed by atoms with E-state index in [4.69, 9.17) is 10.8 Å². The summed E-state index contributed by atoms with van der Waals surface area (Å²) in [5, 5.41) is 9.07. The summed E-state index contributed by atoms with van der Waals surface area (Å²) in [6, 6.07) is 7.75. The molecule has 0 spiro atoms. The summed E-state index contributed by atoms with van der Waals surface area (Å²) in [4.78, 5) is 11.0. The van der Waals surface area contributed by atoms with Crippen LogP contribution < -0.4 is 5.73 Å². The SMILES string of the molecule is NCCCC(Cc1ccc(Br)cc1)C(=O)O. The molecule has 0 aliphatic carbocycles. The molecule has 1 aromatic rings. The summed E-state index contributed by atoms with van der Waals surface area (Å²) >= 11 is 3.35. The molecular weight excluding hydrogens is 270 g/mol. The van der Waals surface area contributed by atoms with E-state index in [9.17, 15) is 4.79 Å². The van der Waals surface area contributed by atoms with Crippen LogP contribution in [0.1, 0.15) is 18.4 Å². The van der Waals surface area contributed by atoms with Crippen molar-refractivity contribution in [3.05, 3.63) is 34.3 Å². The van der Waals surface area contributed by atoms with E-state index in [1.54, 1.807) is 0 Å². The lowest BCUT2D eigenvalue weighted by Crippen LogP contribution is -2.17. The number of carboxylic acids is 1. The number of halogens is 1. The first-order valence-corrected chi connectivity index (χ1v) is 6.10. The second-order valence-corrected chi connectivity index (χ2v) is 4.71. The van der Waals surface area contributed by atoms with Gasteiger partial charge >= 0.3 is 5.97 Å². The average molecular weight is 286 g/mol. The van der Waals surface area contributed by atoms with Gasteiger partial charge < -0.3 is 10.8 Å². The van der Waals surface area contributed by atoms with Crippen LogP contribution in [-0.2, 0) is 11.2 Å². The lowest BCUT2D eigenvalue weighted by Gasteiger charge is -2.11. The molecule has 0 aliphatic rings. The summed E-state index contributed by atoms with van der Waals surface area (Å²) < 4.78 is 1.00. The van der Waals surface area contributed by atoms with Crippen molar-refractivity contribution < 1.29 is 9.90 Å². The van der Waals surface area contributed by atoms with Crippen LogP contribution in [0.15, 0.2) is 28.7 Å². The fourth-order valence-electron chi connectivity index (χ4n) is 1.58. The van der Waals surface area contributed by atoms with E-state index in [-0.39, 0.29) is 5.92 Å². The Morgan fingerprint density at radius 2 is 2.00 bits per heavy atom. The Kier molecular flexibility index (Phi) is 5.49. The maximum absolute atomic E-state index is 11.0. The number of rotatable bonds is 6. The molecule has 4 heteroatoms. The first-order valence-electron chi connectivity index (χ1n) is 5.31. The van der Waals surface area contributed by atoms with Crippen molar-refractivity contribution in [2.45, 2.75) is 19.3 Å². The molecule has 0 saturated carbocycles. The molecule has 0 bridgehead atoms. The second-order valence-electron chi connectivity index (χ2n) is 3.80. The summed E-state index contributed by atoms with van der Waals surface area (Å²) in [6.45, 7) is 0.546. The molecule has 0 aliphatic heterocycles. The van der Waals surface area contributed by atoms with Crippen molar-refractivity contribution in [3.8, 4) is 0 Å². The molecule has 16 heavy (non-hydrogen) atoms. The van der Waals surface area contributed by atoms with Gasteiger partial charge in [0.15, 0.2) is 0 Å². The van der Waals surface area contributed by atoms with Crippen molar-refractivity contribution in [3.63, 3.8) is 0 Å². The summed E-state index contributed by atoms with van der Waals surface area (Å²) in [6.07, 6.45) is 1.97. The largest absolute Gasteiger partial charge is 0.481 e. The molecule has 3 nitrogen and oxygen atoms in total. The van der Waals surface area contributed by atoms with Crippen LogP contribution in [0.25, 0.3) is 0 Å². The first kappa shape index (κ1) is 13.2. The number of carboxylic acid groups (broad SMARTS) is 1. The van der Waals surface area contributed by atoms with E-state index in [1.165, 1.54) is 0 Å². The monoisotopic (exact) mass is 285 g/mol. The van der Waals surface area contributed by atoms with Crippen molar-refractivity contribution >= 4 is 21.9 Å². The minimum absolute atomic E-state index is 0.329. The van der Waals surface area contributed by atoms with Gasteiger partial charge in [-0.05, 0) is 43.5 Å². The number of benzene rings is 1. The minimum atomic E-state index is -0.739. The molecule has 0 aromatic heterocycles. The van der Waals surface area contributed by atoms with Gasteiger partial charge in [-0.15, -0.1) is 0 Å². The molecule has 0 saturated heterocycles. The maximum Gasteiger partial charge on any atom is 0.306 e. The topological polar surface area (TPSA) is 63.3 Å². The third kappa shape index (κ3) is 4.33. The van der Waals surface area contributed by atoms with Gasteiger partial charge in [0.2, 0.25) is 0 Å². The van der Waals surface area contributed by atoms with Crippen LogP contribution in [0.2, 0.25) is 0 Å². The van der Waals surface area contributed by atoms with Crippen LogP contribution in [0.4, 0.5) is 0 Å². The Labute approximate surface area is 104 Å². The highest BCUT2D eigenvalue weighted by atomic mass is 79.9. The Morgan fingerprint density at radius 3 is 2.50 bits per heavy atom. The van der Waals surface area contributed by atoms with Crippen molar-refractivity contribution in [1.29, 1.82) is 0 Å². The van der Waals surface area contributed by atoms with Crippen molar-refractivity contribution in [2.75, 3.05) is 6.54 Å². The maximum atomic E-state index is 11.0. The van der Waals surface area contributed by atoms with E-state index in [2.05, 4.69) is 15.9 Å². The highest BCUT2D eigenvalue weighted by Gasteiger charge is 2.17. The molecule has 0 fully saturated rings. The summed E-state index contributed by atoms with van der Waals surface area (Å²) in [5.41, 5.74) is 6.44. The number of hydrogen-bond acceptors (Lipinski definition) is 2. The fraction of sp³-hybridized carbons (Fsp3) is 0.417. The quantitative estimate of drug-likeness (QED) is 0.844.